The van der Waals surface area contributed by atoms with E-state index in [9.17, 15) is 4.79 Å². The first-order valence-corrected chi connectivity index (χ1v) is 8.17. The molecule has 0 aliphatic heterocycles. The molecule has 5 heteroatoms. The molecule has 0 amide bonds. The van der Waals surface area contributed by atoms with Crippen LogP contribution in [0.15, 0.2) is 42.5 Å². The van der Waals surface area contributed by atoms with Crippen LogP contribution in [0, 0.1) is 0 Å². The van der Waals surface area contributed by atoms with Crippen LogP contribution < -0.4 is 9.47 Å². The van der Waals surface area contributed by atoms with Gasteiger partial charge in [-0.2, -0.15) is 0 Å². The lowest BCUT2D eigenvalue weighted by molar-refractivity contribution is -0.132. The van der Waals surface area contributed by atoms with Gasteiger partial charge in [-0.25, -0.2) is 4.98 Å². The van der Waals surface area contributed by atoms with Crippen LogP contribution in [0.4, 0.5) is 0 Å². The Morgan fingerprint density at radius 2 is 1.96 bits per heavy atom. The van der Waals surface area contributed by atoms with Gasteiger partial charge < -0.3 is 9.47 Å². The number of fused-ring (bicyclic) bond motifs is 1. The average molecular weight is 327 g/mol. The van der Waals surface area contributed by atoms with Crippen LogP contribution in [-0.2, 0) is 17.6 Å². The summed E-state index contributed by atoms with van der Waals surface area (Å²) in [5, 5.41) is 1.12. The Labute approximate surface area is 138 Å². The maximum Gasteiger partial charge on any atom is 0.308 e. The molecule has 3 aromatic rings. The van der Waals surface area contributed by atoms with Gasteiger partial charge in [-0.05, 0) is 36.2 Å². The molecule has 0 saturated carbocycles. The molecule has 0 radical (unpaired) electrons. The molecule has 1 aromatic heterocycles. The minimum Gasteiger partial charge on any atom is -0.493 e. The van der Waals surface area contributed by atoms with Gasteiger partial charge in [0.1, 0.15) is 0 Å². The zero-order valence-corrected chi connectivity index (χ0v) is 13.9. The smallest absolute Gasteiger partial charge is 0.308 e. The number of nitrogens with zero attached hydrogens (tertiary/aromatic N) is 1. The van der Waals surface area contributed by atoms with Crippen LogP contribution >= 0.6 is 11.3 Å². The normalized spacial score (nSPS) is 10.7. The van der Waals surface area contributed by atoms with Crippen molar-refractivity contribution in [3.8, 4) is 11.5 Å². The molecule has 0 saturated heterocycles. The van der Waals surface area contributed by atoms with Crippen LogP contribution in [-0.4, -0.2) is 18.1 Å². The van der Waals surface area contributed by atoms with Crippen molar-refractivity contribution in [2.45, 2.75) is 19.8 Å². The molecule has 0 fully saturated rings. The van der Waals surface area contributed by atoms with E-state index in [2.05, 4.69) is 11.1 Å². The molecular formula is C18H17NO3S. The summed E-state index contributed by atoms with van der Waals surface area (Å²) in [4.78, 5) is 15.7. The van der Waals surface area contributed by atoms with Crippen molar-refractivity contribution in [3.63, 3.8) is 0 Å². The number of aromatic nitrogens is 1. The SMILES string of the molecule is COc1cc(CCc2nc3ccccc3s2)ccc1OC(C)=O. The van der Waals surface area contributed by atoms with E-state index in [0.29, 0.717) is 11.5 Å². The monoisotopic (exact) mass is 327 g/mol. The Bertz CT molecular complexity index is 808. The van der Waals surface area contributed by atoms with Crippen LogP contribution in [0.3, 0.4) is 0 Å². The fourth-order valence-corrected chi connectivity index (χ4v) is 3.35. The highest BCUT2D eigenvalue weighted by Crippen LogP contribution is 2.29. The third-order valence-electron chi connectivity index (χ3n) is 3.45. The van der Waals surface area contributed by atoms with Gasteiger partial charge >= 0.3 is 5.97 Å². The lowest BCUT2D eigenvalue weighted by Gasteiger charge is -2.09. The Balaban J connectivity index is 1.73. The highest BCUT2D eigenvalue weighted by Gasteiger charge is 2.09. The van der Waals surface area contributed by atoms with Crippen molar-refractivity contribution in [1.29, 1.82) is 0 Å². The van der Waals surface area contributed by atoms with Gasteiger partial charge in [0.05, 0.1) is 22.3 Å². The summed E-state index contributed by atoms with van der Waals surface area (Å²) in [5.74, 6) is 0.663. The van der Waals surface area contributed by atoms with Crippen molar-refractivity contribution in [3.05, 3.63) is 53.0 Å². The summed E-state index contributed by atoms with van der Waals surface area (Å²) < 4.78 is 11.6. The molecule has 3 rings (SSSR count). The highest BCUT2D eigenvalue weighted by molar-refractivity contribution is 7.18. The number of hydrogen-bond acceptors (Lipinski definition) is 5. The summed E-state index contributed by atoms with van der Waals surface area (Å²) in [7, 11) is 1.57. The molecule has 4 nitrogen and oxygen atoms in total. The fraction of sp³-hybridized carbons (Fsp3) is 0.222. The molecule has 0 atom stereocenters. The van der Waals surface area contributed by atoms with Gasteiger partial charge in [0.2, 0.25) is 0 Å². The predicted molar refractivity (Wildman–Crippen MR) is 91.3 cm³/mol. The van der Waals surface area contributed by atoms with Crippen molar-refractivity contribution in [2.24, 2.45) is 0 Å². The number of thiazole rings is 1. The Hall–Kier alpha value is -2.40. The predicted octanol–water partition coefficient (Wildman–Crippen LogP) is 4.02. The number of benzene rings is 2. The van der Waals surface area contributed by atoms with Crippen LogP contribution in [0.5, 0.6) is 11.5 Å². The number of esters is 1. The third-order valence-corrected chi connectivity index (χ3v) is 4.54. The topological polar surface area (TPSA) is 48.4 Å². The molecule has 0 bridgehead atoms. The lowest BCUT2D eigenvalue weighted by Crippen LogP contribution is -2.03. The third kappa shape index (κ3) is 3.68. The first-order chi connectivity index (χ1) is 11.2. The van der Waals surface area contributed by atoms with Gasteiger partial charge in [-0.1, -0.05) is 18.2 Å². The molecule has 1 heterocycles. The van der Waals surface area contributed by atoms with Crippen LogP contribution in [0.25, 0.3) is 10.2 Å². The van der Waals surface area contributed by atoms with Crippen LogP contribution in [0.2, 0.25) is 0 Å². The molecular weight excluding hydrogens is 310 g/mol. The number of para-hydroxylation sites is 1. The number of hydrogen-bond donors (Lipinski definition) is 0. The van der Waals surface area contributed by atoms with E-state index in [0.717, 1.165) is 28.9 Å². The number of methoxy groups -OCH3 is 1. The van der Waals surface area contributed by atoms with Gasteiger partial charge in [0, 0.05) is 13.3 Å². The van der Waals surface area contributed by atoms with Gasteiger partial charge in [0.15, 0.2) is 11.5 Å². The number of aryl methyl sites for hydroxylation is 2. The Morgan fingerprint density at radius 3 is 2.70 bits per heavy atom. The molecule has 0 spiro atoms. The largest absolute Gasteiger partial charge is 0.493 e. The Kier molecular flexibility index (Phi) is 4.57. The molecule has 0 aliphatic rings. The number of carbonyl (C=O) groups is 1. The zero-order valence-electron chi connectivity index (χ0n) is 13.0. The summed E-state index contributed by atoms with van der Waals surface area (Å²) >= 11 is 1.73. The maximum atomic E-state index is 11.1. The fourth-order valence-electron chi connectivity index (χ4n) is 2.38. The minimum atomic E-state index is -0.356. The van der Waals surface area contributed by atoms with Crippen molar-refractivity contribution in [2.75, 3.05) is 7.11 Å². The summed E-state index contributed by atoms with van der Waals surface area (Å²) in [6.45, 7) is 1.38. The first kappa shape index (κ1) is 15.5. The average Bonchev–Trinajstić information content (AvgIpc) is 2.96. The molecule has 0 unspecified atom stereocenters. The van der Waals surface area contributed by atoms with Gasteiger partial charge in [-0.15, -0.1) is 11.3 Å². The van der Waals surface area contributed by atoms with E-state index >= 15 is 0 Å². The quantitative estimate of drug-likeness (QED) is 0.525. The molecule has 0 aliphatic carbocycles. The Morgan fingerprint density at radius 1 is 1.13 bits per heavy atom. The van der Waals surface area contributed by atoms with E-state index in [1.165, 1.54) is 11.6 Å². The van der Waals surface area contributed by atoms with E-state index in [1.807, 2.05) is 30.3 Å². The summed E-state index contributed by atoms with van der Waals surface area (Å²) in [5.41, 5.74) is 2.17. The zero-order chi connectivity index (χ0) is 16.2. The standard InChI is InChI=1S/C18H17NO3S/c1-12(20)22-15-9-7-13(11-16(15)21-2)8-10-18-19-14-5-3-4-6-17(14)23-18/h3-7,9,11H,8,10H2,1-2H3. The number of carbonyl (C=O) groups excluding carboxylic acids is 1. The lowest BCUT2D eigenvalue weighted by atomic mass is 10.1. The second-order valence-electron chi connectivity index (χ2n) is 5.15. The van der Waals surface area contributed by atoms with E-state index in [4.69, 9.17) is 9.47 Å². The summed E-state index contributed by atoms with van der Waals surface area (Å²) in [6.07, 6.45) is 1.73. The molecule has 0 N–H and O–H groups in total. The summed E-state index contributed by atoms with van der Waals surface area (Å²) in [6, 6.07) is 13.8. The second-order valence-corrected chi connectivity index (χ2v) is 6.27. The molecule has 118 valence electrons. The first-order valence-electron chi connectivity index (χ1n) is 7.35. The van der Waals surface area contributed by atoms with E-state index in [-0.39, 0.29) is 5.97 Å². The van der Waals surface area contributed by atoms with Crippen LogP contribution in [0.1, 0.15) is 17.5 Å². The highest BCUT2D eigenvalue weighted by atomic mass is 32.1. The minimum absolute atomic E-state index is 0.356. The van der Waals surface area contributed by atoms with Gasteiger partial charge in [0.25, 0.3) is 0 Å². The van der Waals surface area contributed by atoms with Crippen molar-refractivity contribution < 1.29 is 14.3 Å². The van der Waals surface area contributed by atoms with E-state index < -0.39 is 0 Å². The van der Waals surface area contributed by atoms with Gasteiger partial charge in [-0.3, -0.25) is 4.79 Å². The molecule has 2 aromatic carbocycles. The van der Waals surface area contributed by atoms with Crippen molar-refractivity contribution in [1.82, 2.24) is 4.98 Å². The number of rotatable bonds is 5. The van der Waals surface area contributed by atoms with Crippen molar-refractivity contribution >= 4 is 27.5 Å². The molecule has 23 heavy (non-hydrogen) atoms. The van der Waals surface area contributed by atoms with E-state index in [1.54, 1.807) is 24.5 Å². The maximum absolute atomic E-state index is 11.1. The number of ether oxygens (including phenoxy) is 2. The second kappa shape index (κ2) is 6.79.